The quantitative estimate of drug-likeness (QED) is 0.577. The summed E-state index contributed by atoms with van der Waals surface area (Å²) in [4.78, 5) is 16.5. The molecule has 0 saturated heterocycles. The largest absolute Gasteiger partial charge is 0.341 e. The Morgan fingerprint density at radius 1 is 0.739 bits per heavy atom. The molecule has 0 saturated carbocycles. The first kappa shape index (κ1) is 14.0. The van der Waals surface area contributed by atoms with E-state index in [0.717, 1.165) is 33.7 Å². The molecule has 0 aliphatic carbocycles. The Morgan fingerprint density at radius 2 is 1.17 bits per heavy atom. The van der Waals surface area contributed by atoms with Crippen molar-refractivity contribution in [2.45, 2.75) is 33.1 Å². The summed E-state index contributed by atoms with van der Waals surface area (Å²) >= 11 is 0. The lowest BCUT2D eigenvalue weighted by Crippen LogP contribution is -2.22. The smallest absolute Gasteiger partial charge is 0.120 e. The van der Waals surface area contributed by atoms with Gasteiger partial charge in [0, 0.05) is 0 Å². The van der Waals surface area contributed by atoms with E-state index in [1.807, 2.05) is 0 Å². The van der Waals surface area contributed by atoms with Gasteiger partial charge < -0.3 is 9.97 Å². The van der Waals surface area contributed by atoms with Crippen molar-refractivity contribution >= 4 is 22.1 Å². The Hall–Kier alpha value is -2.62. The highest BCUT2D eigenvalue weighted by Crippen LogP contribution is 2.30. The lowest BCUT2D eigenvalue weighted by molar-refractivity contribution is 0.567. The molecule has 0 aliphatic rings. The summed E-state index contributed by atoms with van der Waals surface area (Å²) in [6.45, 7) is 8.46. The maximum Gasteiger partial charge on any atom is 0.120 e. The normalized spacial score (nSPS) is 12.3. The van der Waals surface area contributed by atoms with Gasteiger partial charge >= 0.3 is 0 Å². The lowest BCUT2D eigenvalue weighted by Gasteiger charge is -2.19. The van der Waals surface area contributed by atoms with Crippen molar-refractivity contribution in [3.8, 4) is 0 Å². The molecule has 116 valence electrons. The highest BCUT2D eigenvalue weighted by atomic mass is 15.0. The molecular weight excluding hydrogens is 284 g/mol. The molecule has 0 fully saturated rings. The standard InChI is InChI=1S/C19H20N4/c1-11-5-7-13-15(9-11)22-17(20-13)19(3,4)18-21-14-8-6-12(2)10-16(14)23-18/h5-10H,1-4H3,(H,20,22)(H,21,23). The van der Waals surface area contributed by atoms with Crippen LogP contribution in [0.5, 0.6) is 0 Å². The van der Waals surface area contributed by atoms with E-state index < -0.39 is 0 Å². The number of aromatic nitrogens is 4. The number of aryl methyl sites for hydroxylation is 2. The van der Waals surface area contributed by atoms with E-state index in [9.17, 15) is 0 Å². The van der Waals surface area contributed by atoms with Crippen molar-refractivity contribution in [3.05, 3.63) is 59.2 Å². The van der Waals surface area contributed by atoms with Gasteiger partial charge in [0.1, 0.15) is 11.6 Å². The van der Waals surface area contributed by atoms with E-state index in [1.54, 1.807) is 0 Å². The summed E-state index contributed by atoms with van der Waals surface area (Å²) in [6, 6.07) is 12.5. The van der Waals surface area contributed by atoms with Crippen molar-refractivity contribution in [2.75, 3.05) is 0 Å². The third-order valence-electron chi connectivity index (χ3n) is 4.46. The average molecular weight is 304 g/mol. The second-order valence-electron chi connectivity index (χ2n) is 6.84. The predicted molar refractivity (Wildman–Crippen MR) is 93.8 cm³/mol. The molecule has 0 spiro atoms. The molecule has 2 heterocycles. The van der Waals surface area contributed by atoms with Crippen molar-refractivity contribution in [1.29, 1.82) is 0 Å². The Kier molecular flexibility index (Phi) is 2.85. The minimum Gasteiger partial charge on any atom is -0.341 e. The third-order valence-corrected chi connectivity index (χ3v) is 4.46. The summed E-state index contributed by atoms with van der Waals surface area (Å²) in [5.74, 6) is 1.85. The van der Waals surface area contributed by atoms with Crippen molar-refractivity contribution in [1.82, 2.24) is 19.9 Å². The predicted octanol–water partition coefficient (Wildman–Crippen LogP) is 4.38. The monoisotopic (exact) mass is 304 g/mol. The maximum atomic E-state index is 4.77. The van der Waals surface area contributed by atoms with E-state index in [0.29, 0.717) is 0 Å². The number of nitrogens with zero attached hydrogens (tertiary/aromatic N) is 2. The summed E-state index contributed by atoms with van der Waals surface area (Å²) in [6.07, 6.45) is 0. The van der Waals surface area contributed by atoms with E-state index in [-0.39, 0.29) is 5.41 Å². The molecule has 0 amide bonds. The van der Waals surface area contributed by atoms with Gasteiger partial charge in [-0.3, -0.25) is 0 Å². The van der Waals surface area contributed by atoms with Gasteiger partial charge in [0.2, 0.25) is 0 Å². The van der Waals surface area contributed by atoms with Crippen LogP contribution in [0.4, 0.5) is 0 Å². The number of imidazole rings is 2. The molecule has 0 bridgehead atoms. The Balaban J connectivity index is 1.85. The molecule has 4 rings (SSSR count). The van der Waals surface area contributed by atoms with Gasteiger partial charge in [-0.1, -0.05) is 12.1 Å². The van der Waals surface area contributed by atoms with E-state index >= 15 is 0 Å². The number of benzene rings is 2. The molecule has 4 aromatic rings. The van der Waals surface area contributed by atoms with Crippen LogP contribution in [0, 0.1) is 13.8 Å². The zero-order valence-electron chi connectivity index (χ0n) is 13.9. The van der Waals surface area contributed by atoms with Gasteiger partial charge in [0.05, 0.1) is 27.5 Å². The minimum atomic E-state index is -0.320. The number of fused-ring (bicyclic) bond motifs is 2. The van der Waals surface area contributed by atoms with Crippen LogP contribution in [0.2, 0.25) is 0 Å². The number of nitrogens with one attached hydrogen (secondary N) is 2. The molecule has 2 N–H and O–H groups in total. The minimum absolute atomic E-state index is 0.320. The van der Waals surface area contributed by atoms with E-state index in [2.05, 4.69) is 74.1 Å². The van der Waals surface area contributed by atoms with Crippen molar-refractivity contribution in [3.63, 3.8) is 0 Å². The third kappa shape index (κ3) is 2.22. The van der Waals surface area contributed by atoms with Crippen LogP contribution in [0.15, 0.2) is 36.4 Å². The van der Waals surface area contributed by atoms with Gasteiger partial charge in [-0.15, -0.1) is 0 Å². The van der Waals surface area contributed by atoms with Crippen LogP contribution in [0.1, 0.15) is 36.6 Å². The van der Waals surface area contributed by atoms with Crippen LogP contribution < -0.4 is 0 Å². The molecule has 2 aromatic carbocycles. The summed E-state index contributed by atoms with van der Waals surface area (Å²) in [5, 5.41) is 0. The number of hydrogen-bond acceptors (Lipinski definition) is 2. The molecule has 4 nitrogen and oxygen atoms in total. The van der Waals surface area contributed by atoms with Crippen LogP contribution in [-0.4, -0.2) is 19.9 Å². The molecule has 0 aliphatic heterocycles. The number of rotatable bonds is 2. The van der Waals surface area contributed by atoms with Crippen molar-refractivity contribution < 1.29 is 0 Å². The fourth-order valence-electron chi connectivity index (χ4n) is 2.95. The van der Waals surface area contributed by atoms with Gasteiger partial charge in [-0.25, -0.2) is 9.97 Å². The highest BCUT2D eigenvalue weighted by molar-refractivity contribution is 5.77. The molecule has 0 radical (unpaired) electrons. The SMILES string of the molecule is Cc1ccc2nc(C(C)(C)c3nc4ccc(C)cc4[nH]3)[nH]c2c1. The van der Waals surface area contributed by atoms with Crippen LogP contribution in [-0.2, 0) is 5.41 Å². The molecule has 23 heavy (non-hydrogen) atoms. The summed E-state index contributed by atoms with van der Waals surface area (Å²) in [5.41, 5.74) is 6.26. The highest BCUT2D eigenvalue weighted by Gasteiger charge is 2.30. The van der Waals surface area contributed by atoms with E-state index in [1.165, 1.54) is 11.1 Å². The van der Waals surface area contributed by atoms with Crippen LogP contribution in [0.25, 0.3) is 22.1 Å². The maximum absolute atomic E-state index is 4.77. The second-order valence-corrected chi connectivity index (χ2v) is 6.84. The second kappa shape index (κ2) is 4.69. The Morgan fingerprint density at radius 3 is 1.61 bits per heavy atom. The first-order valence-corrected chi connectivity index (χ1v) is 7.87. The fourth-order valence-corrected chi connectivity index (χ4v) is 2.95. The van der Waals surface area contributed by atoms with Crippen molar-refractivity contribution in [2.24, 2.45) is 0 Å². The first-order valence-electron chi connectivity index (χ1n) is 7.87. The zero-order valence-corrected chi connectivity index (χ0v) is 13.9. The van der Waals surface area contributed by atoms with Gasteiger partial charge in [-0.05, 0) is 63.1 Å². The molecular formula is C19H20N4. The first-order chi connectivity index (χ1) is 10.9. The van der Waals surface area contributed by atoms with Gasteiger partial charge in [0.15, 0.2) is 0 Å². The van der Waals surface area contributed by atoms with Gasteiger partial charge in [-0.2, -0.15) is 0 Å². The molecule has 0 unspecified atom stereocenters. The molecule has 2 aromatic heterocycles. The molecule has 0 atom stereocenters. The van der Waals surface area contributed by atoms with Crippen LogP contribution in [0.3, 0.4) is 0 Å². The summed E-state index contributed by atoms with van der Waals surface area (Å²) in [7, 11) is 0. The Bertz CT molecular complexity index is 938. The lowest BCUT2D eigenvalue weighted by atomic mass is 9.92. The van der Waals surface area contributed by atoms with Gasteiger partial charge in [0.25, 0.3) is 0 Å². The summed E-state index contributed by atoms with van der Waals surface area (Å²) < 4.78 is 0. The number of hydrogen-bond donors (Lipinski definition) is 2. The van der Waals surface area contributed by atoms with E-state index in [4.69, 9.17) is 9.97 Å². The fraction of sp³-hybridized carbons (Fsp3) is 0.263. The number of H-pyrrole nitrogens is 2. The van der Waals surface area contributed by atoms with Crippen LogP contribution >= 0.6 is 0 Å². The number of aromatic amines is 2. The average Bonchev–Trinajstić information content (AvgIpc) is 3.10. The zero-order chi connectivity index (χ0) is 16.2. The molecule has 4 heteroatoms. The Labute approximate surface area is 135 Å². The topological polar surface area (TPSA) is 57.4 Å².